The van der Waals surface area contributed by atoms with Crippen LogP contribution in [0.15, 0.2) is 36.4 Å². The molecule has 0 spiro atoms. The standard InChI is InChI=1S/C15H9FN2O2/c16-12-6-14-13(18-15(19)8-20-14)5-11(12)10-3-1-9(7-17)2-4-10/h1-6H,8H2,(H,18,19). The van der Waals surface area contributed by atoms with Gasteiger partial charge in [0.1, 0.15) is 11.6 Å². The summed E-state index contributed by atoms with van der Waals surface area (Å²) in [5.41, 5.74) is 1.92. The summed E-state index contributed by atoms with van der Waals surface area (Å²) in [7, 11) is 0. The number of anilines is 1. The molecule has 98 valence electrons. The summed E-state index contributed by atoms with van der Waals surface area (Å²) >= 11 is 0. The number of fused-ring (bicyclic) bond motifs is 1. The first-order chi connectivity index (χ1) is 9.67. The van der Waals surface area contributed by atoms with Crippen LogP contribution in [0.2, 0.25) is 0 Å². The molecule has 0 radical (unpaired) electrons. The van der Waals surface area contributed by atoms with Gasteiger partial charge in [-0.15, -0.1) is 0 Å². The van der Waals surface area contributed by atoms with E-state index in [-0.39, 0.29) is 12.5 Å². The van der Waals surface area contributed by atoms with Crippen molar-refractivity contribution < 1.29 is 13.9 Å². The van der Waals surface area contributed by atoms with E-state index in [0.29, 0.717) is 28.1 Å². The van der Waals surface area contributed by atoms with Gasteiger partial charge in [0.25, 0.3) is 5.91 Å². The zero-order valence-electron chi connectivity index (χ0n) is 10.3. The van der Waals surface area contributed by atoms with Crippen LogP contribution in [-0.4, -0.2) is 12.5 Å². The third-order valence-corrected chi connectivity index (χ3v) is 3.03. The molecule has 20 heavy (non-hydrogen) atoms. The van der Waals surface area contributed by atoms with Crippen molar-refractivity contribution in [1.29, 1.82) is 5.26 Å². The van der Waals surface area contributed by atoms with E-state index in [9.17, 15) is 9.18 Å². The Morgan fingerprint density at radius 2 is 2.00 bits per heavy atom. The Hall–Kier alpha value is -2.87. The van der Waals surface area contributed by atoms with Crippen LogP contribution < -0.4 is 10.1 Å². The number of carbonyl (C=O) groups is 1. The topological polar surface area (TPSA) is 62.1 Å². The first-order valence-electron chi connectivity index (χ1n) is 5.94. The molecule has 0 aromatic heterocycles. The molecule has 1 heterocycles. The molecule has 1 N–H and O–H groups in total. The molecule has 1 aliphatic heterocycles. The monoisotopic (exact) mass is 268 g/mol. The Labute approximate surface area is 114 Å². The van der Waals surface area contributed by atoms with Crippen molar-refractivity contribution in [1.82, 2.24) is 0 Å². The second kappa shape index (κ2) is 4.67. The fourth-order valence-electron chi connectivity index (χ4n) is 2.05. The van der Waals surface area contributed by atoms with E-state index in [1.165, 1.54) is 12.1 Å². The van der Waals surface area contributed by atoms with Crippen molar-refractivity contribution in [2.75, 3.05) is 11.9 Å². The third kappa shape index (κ3) is 2.08. The highest BCUT2D eigenvalue weighted by Gasteiger charge is 2.19. The van der Waals surface area contributed by atoms with Crippen molar-refractivity contribution >= 4 is 11.6 Å². The second-order valence-electron chi connectivity index (χ2n) is 4.35. The lowest BCUT2D eigenvalue weighted by molar-refractivity contribution is -0.118. The normalized spacial score (nSPS) is 12.9. The van der Waals surface area contributed by atoms with Gasteiger partial charge in [0.2, 0.25) is 0 Å². The van der Waals surface area contributed by atoms with Crippen molar-refractivity contribution in [2.24, 2.45) is 0 Å². The van der Waals surface area contributed by atoms with Crippen LogP contribution in [0.5, 0.6) is 5.75 Å². The lowest BCUT2D eigenvalue weighted by atomic mass is 10.0. The number of nitriles is 1. The SMILES string of the molecule is N#Cc1ccc(-c2cc3c(cc2F)OCC(=O)N3)cc1. The van der Waals surface area contributed by atoms with E-state index in [4.69, 9.17) is 10.00 Å². The van der Waals surface area contributed by atoms with Crippen molar-refractivity contribution in [3.05, 3.63) is 47.8 Å². The number of amides is 1. The van der Waals surface area contributed by atoms with E-state index in [2.05, 4.69) is 5.32 Å². The largest absolute Gasteiger partial charge is 0.481 e. The average Bonchev–Trinajstić information content (AvgIpc) is 2.47. The quantitative estimate of drug-likeness (QED) is 0.864. The van der Waals surface area contributed by atoms with Gasteiger partial charge < -0.3 is 10.1 Å². The zero-order chi connectivity index (χ0) is 14.1. The Balaban J connectivity index is 2.07. The predicted octanol–water partition coefficient (Wildman–Crippen LogP) is 2.70. The van der Waals surface area contributed by atoms with Gasteiger partial charge >= 0.3 is 0 Å². The maximum atomic E-state index is 14.1. The van der Waals surface area contributed by atoms with Gasteiger partial charge in [-0.1, -0.05) is 12.1 Å². The second-order valence-corrected chi connectivity index (χ2v) is 4.35. The van der Waals surface area contributed by atoms with E-state index < -0.39 is 5.82 Å². The summed E-state index contributed by atoms with van der Waals surface area (Å²) in [6, 6.07) is 11.3. The van der Waals surface area contributed by atoms with E-state index in [1.54, 1.807) is 24.3 Å². The number of benzene rings is 2. The summed E-state index contributed by atoms with van der Waals surface area (Å²) in [4.78, 5) is 11.3. The smallest absolute Gasteiger partial charge is 0.262 e. The Kier molecular flexibility index (Phi) is 2.84. The molecule has 1 amide bonds. The van der Waals surface area contributed by atoms with Crippen LogP contribution in [-0.2, 0) is 4.79 Å². The summed E-state index contributed by atoms with van der Waals surface area (Å²) in [6.07, 6.45) is 0. The average molecular weight is 268 g/mol. The fraction of sp³-hybridized carbons (Fsp3) is 0.0667. The van der Waals surface area contributed by atoms with Crippen LogP contribution >= 0.6 is 0 Å². The Bertz CT molecular complexity index is 733. The number of rotatable bonds is 1. The molecule has 4 nitrogen and oxygen atoms in total. The molecule has 0 saturated heterocycles. The van der Waals surface area contributed by atoms with E-state index >= 15 is 0 Å². The Morgan fingerprint density at radius 3 is 2.70 bits per heavy atom. The minimum Gasteiger partial charge on any atom is -0.481 e. The summed E-state index contributed by atoms with van der Waals surface area (Å²) in [5.74, 6) is -0.390. The lowest BCUT2D eigenvalue weighted by Gasteiger charge is -2.19. The molecule has 5 heteroatoms. The Morgan fingerprint density at radius 1 is 1.25 bits per heavy atom. The summed E-state index contributed by atoms with van der Waals surface area (Å²) in [5, 5.41) is 11.4. The minimum atomic E-state index is -0.440. The van der Waals surface area contributed by atoms with E-state index in [0.717, 1.165) is 0 Å². The number of ether oxygens (including phenoxy) is 1. The molecule has 0 unspecified atom stereocenters. The van der Waals surface area contributed by atoms with Crippen molar-refractivity contribution in [3.63, 3.8) is 0 Å². The summed E-state index contributed by atoms with van der Waals surface area (Å²) in [6.45, 7) is -0.108. The number of hydrogen-bond acceptors (Lipinski definition) is 3. The van der Waals surface area contributed by atoms with Gasteiger partial charge in [-0.05, 0) is 23.8 Å². The van der Waals surface area contributed by atoms with Gasteiger partial charge in [0.05, 0.1) is 17.3 Å². The van der Waals surface area contributed by atoms with Gasteiger partial charge in [-0.2, -0.15) is 5.26 Å². The third-order valence-electron chi connectivity index (χ3n) is 3.03. The highest BCUT2D eigenvalue weighted by molar-refractivity contribution is 5.96. The van der Waals surface area contributed by atoms with Gasteiger partial charge in [-0.25, -0.2) is 4.39 Å². The summed E-state index contributed by atoms with van der Waals surface area (Å²) < 4.78 is 19.2. The number of halogens is 1. The van der Waals surface area contributed by atoms with Crippen LogP contribution in [0.3, 0.4) is 0 Å². The highest BCUT2D eigenvalue weighted by Crippen LogP contribution is 2.35. The van der Waals surface area contributed by atoms with Crippen molar-refractivity contribution in [3.8, 4) is 22.9 Å². The van der Waals surface area contributed by atoms with Crippen LogP contribution in [0.25, 0.3) is 11.1 Å². The molecule has 2 aromatic rings. The van der Waals surface area contributed by atoms with Gasteiger partial charge in [0.15, 0.2) is 6.61 Å². The van der Waals surface area contributed by atoms with Crippen LogP contribution in [0.1, 0.15) is 5.56 Å². The highest BCUT2D eigenvalue weighted by atomic mass is 19.1. The maximum Gasteiger partial charge on any atom is 0.262 e. The molecular weight excluding hydrogens is 259 g/mol. The molecule has 1 aliphatic rings. The number of nitrogens with zero attached hydrogens (tertiary/aromatic N) is 1. The first kappa shape index (κ1) is 12.2. The van der Waals surface area contributed by atoms with Crippen LogP contribution in [0, 0.1) is 17.1 Å². The molecule has 0 aliphatic carbocycles. The molecule has 0 atom stereocenters. The molecule has 0 bridgehead atoms. The zero-order valence-corrected chi connectivity index (χ0v) is 10.3. The van der Waals surface area contributed by atoms with E-state index in [1.807, 2.05) is 6.07 Å². The first-order valence-corrected chi connectivity index (χ1v) is 5.94. The number of nitrogens with one attached hydrogen (secondary N) is 1. The molecule has 3 rings (SSSR count). The van der Waals surface area contributed by atoms with Gasteiger partial charge in [-0.3, -0.25) is 4.79 Å². The maximum absolute atomic E-state index is 14.1. The number of hydrogen-bond donors (Lipinski definition) is 1. The number of carbonyl (C=O) groups excluding carboxylic acids is 1. The molecular formula is C15H9FN2O2. The molecule has 0 saturated carbocycles. The molecule has 2 aromatic carbocycles. The van der Waals surface area contributed by atoms with Crippen LogP contribution in [0.4, 0.5) is 10.1 Å². The minimum absolute atomic E-state index is 0.108. The fourth-order valence-corrected chi connectivity index (χ4v) is 2.05. The lowest BCUT2D eigenvalue weighted by Crippen LogP contribution is -2.25. The molecule has 0 fully saturated rings. The van der Waals surface area contributed by atoms with Gasteiger partial charge in [0, 0.05) is 11.6 Å². The van der Waals surface area contributed by atoms with Crippen molar-refractivity contribution in [2.45, 2.75) is 0 Å². The predicted molar refractivity (Wildman–Crippen MR) is 70.7 cm³/mol.